The summed E-state index contributed by atoms with van der Waals surface area (Å²) in [5, 5.41) is 3.73. The number of anilines is 1. The van der Waals surface area contributed by atoms with E-state index in [-0.39, 0.29) is 0 Å². The highest BCUT2D eigenvalue weighted by Crippen LogP contribution is 2.22. The van der Waals surface area contributed by atoms with Gasteiger partial charge in [-0.3, -0.25) is 0 Å². The molecule has 0 aromatic heterocycles. The van der Waals surface area contributed by atoms with Gasteiger partial charge in [0.05, 0.1) is 0 Å². The minimum atomic E-state index is 0.587. The van der Waals surface area contributed by atoms with Gasteiger partial charge >= 0.3 is 0 Å². The van der Waals surface area contributed by atoms with Crippen molar-refractivity contribution in [2.45, 2.75) is 53.5 Å². The van der Waals surface area contributed by atoms with Gasteiger partial charge in [-0.1, -0.05) is 27.7 Å². The van der Waals surface area contributed by atoms with E-state index in [0.717, 1.165) is 11.8 Å². The highest BCUT2D eigenvalue weighted by atomic mass is 127. The van der Waals surface area contributed by atoms with Crippen molar-refractivity contribution in [1.82, 2.24) is 0 Å². The molecule has 0 aliphatic carbocycles. The van der Waals surface area contributed by atoms with Crippen LogP contribution in [0.25, 0.3) is 0 Å². The van der Waals surface area contributed by atoms with E-state index in [1.54, 1.807) is 0 Å². The minimum Gasteiger partial charge on any atom is -0.382 e. The molecule has 1 rings (SSSR count). The standard InChI is InChI=1S/C16H26IN/c1-11(2)8-15(9-12(3)4)18-16-7-6-14(17)10-13(16)5/h6-7,10-12,15,18H,8-9H2,1-5H3. The van der Waals surface area contributed by atoms with Gasteiger partial charge in [-0.2, -0.15) is 0 Å². The summed E-state index contributed by atoms with van der Waals surface area (Å²) in [6.45, 7) is 11.4. The smallest absolute Gasteiger partial charge is 0.0372 e. The fourth-order valence-electron chi connectivity index (χ4n) is 2.36. The van der Waals surface area contributed by atoms with Crippen LogP contribution in [0.4, 0.5) is 5.69 Å². The predicted octanol–water partition coefficient (Wildman–Crippen LogP) is 5.47. The van der Waals surface area contributed by atoms with Gasteiger partial charge in [-0.15, -0.1) is 0 Å². The van der Waals surface area contributed by atoms with E-state index in [9.17, 15) is 0 Å². The summed E-state index contributed by atoms with van der Waals surface area (Å²) < 4.78 is 1.31. The monoisotopic (exact) mass is 359 g/mol. The van der Waals surface area contributed by atoms with Crippen molar-refractivity contribution in [3.63, 3.8) is 0 Å². The zero-order chi connectivity index (χ0) is 13.7. The zero-order valence-corrected chi connectivity index (χ0v) is 14.4. The number of aryl methyl sites for hydroxylation is 1. The number of hydrogen-bond donors (Lipinski definition) is 1. The number of rotatable bonds is 6. The number of benzene rings is 1. The van der Waals surface area contributed by atoms with Crippen molar-refractivity contribution in [2.75, 3.05) is 5.32 Å². The molecule has 0 amide bonds. The summed E-state index contributed by atoms with van der Waals surface area (Å²) in [5.74, 6) is 1.48. The lowest BCUT2D eigenvalue weighted by Crippen LogP contribution is -2.24. The average Bonchev–Trinajstić information content (AvgIpc) is 2.20. The molecule has 0 aliphatic heterocycles. The van der Waals surface area contributed by atoms with Crippen LogP contribution in [0, 0.1) is 22.3 Å². The van der Waals surface area contributed by atoms with Crippen molar-refractivity contribution >= 4 is 28.3 Å². The van der Waals surface area contributed by atoms with Crippen LogP contribution in [0.15, 0.2) is 18.2 Å². The van der Waals surface area contributed by atoms with Crippen molar-refractivity contribution in [3.8, 4) is 0 Å². The second-order valence-corrected chi connectivity index (χ2v) is 7.31. The zero-order valence-electron chi connectivity index (χ0n) is 12.3. The summed E-state index contributed by atoms with van der Waals surface area (Å²) in [4.78, 5) is 0. The Morgan fingerprint density at radius 2 is 1.61 bits per heavy atom. The Balaban J connectivity index is 2.75. The first-order valence-electron chi connectivity index (χ1n) is 6.91. The Morgan fingerprint density at radius 3 is 2.06 bits per heavy atom. The molecule has 0 fully saturated rings. The van der Waals surface area contributed by atoms with E-state index in [0.29, 0.717) is 6.04 Å². The lowest BCUT2D eigenvalue weighted by Gasteiger charge is -2.24. The van der Waals surface area contributed by atoms with Crippen LogP contribution in [0.3, 0.4) is 0 Å². The van der Waals surface area contributed by atoms with Gasteiger partial charge in [0.25, 0.3) is 0 Å². The van der Waals surface area contributed by atoms with Crippen LogP contribution >= 0.6 is 22.6 Å². The van der Waals surface area contributed by atoms with E-state index < -0.39 is 0 Å². The van der Waals surface area contributed by atoms with Gasteiger partial charge in [0.2, 0.25) is 0 Å². The third-order valence-electron chi connectivity index (χ3n) is 3.06. The Hall–Kier alpha value is -0.250. The highest BCUT2D eigenvalue weighted by Gasteiger charge is 2.13. The molecule has 0 spiro atoms. The van der Waals surface area contributed by atoms with Gasteiger partial charge in [0.1, 0.15) is 0 Å². The maximum absolute atomic E-state index is 3.73. The molecule has 2 heteroatoms. The topological polar surface area (TPSA) is 12.0 Å². The van der Waals surface area contributed by atoms with E-state index in [2.05, 4.69) is 80.7 Å². The van der Waals surface area contributed by atoms with Crippen molar-refractivity contribution in [3.05, 3.63) is 27.3 Å². The average molecular weight is 359 g/mol. The molecule has 1 nitrogen and oxygen atoms in total. The quantitative estimate of drug-likeness (QED) is 0.664. The lowest BCUT2D eigenvalue weighted by atomic mass is 9.95. The molecule has 0 heterocycles. The molecular weight excluding hydrogens is 333 g/mol. The van der Waals surface area contributed by atoms with Crippen molar-refractivity contribution in [2.24, 2.45) is 11.8 Å². The SMILES string of the molecule is Cc1cc(I)ccc1NC(CC(C)C)CC(C)C. The third kappa shape index (κ3) is 5.59. The van der Waals surface area contributed by atoms with Crippen LogP contribution in [0.1, 0.15) is 46.1 Å². The van der Waals surface area contributed by atoms with E-state index in [1.165, 1.54) is 27.7 Å². The molecule has 0 unspecified atom stereocenters. The summed E-state index contributed by atoms with van der Waals surface area (Å²) >= 11 is 2.37. The molecule has 102 valence electrons. The molecule has 0 saturated heterocycles. The molecule has 0 bridgehead atoms. The van der Waals surface area contributed by atoms with Crippen LogP contribution in [-0.2, 0) is 0 Å². The fraction of sp³-hybridized carbons (Fsp3) is 0.625. The van der Waals surface area contributed by atoms with E-state index in [1.807, 2.05) is 0 Å². The van der Waals surface area contributed by atoms with Crippen LogP contribution in [0.2, 0.25) is 0 Å². The second-order valence-electron chi connectivity index (χ2n) is 6.06. The maximum atomic E-state index is 3.73. The number of nitrogens with one attached hydrogen (secondary N) is 1. The third-order valence-corrected chi connectivity index (χ3v) is 3.73. The first-order valence-corrected chi connectivity index (χ1v) is 7.99. The van der Waals surface area contributed by atoms with Crippen LogP contribution in [-0.4, -0.2) is 6.04 Å². The Morgan fingerprint density at radius 1 is 1.06 bits per heavy atom. The molecule has 1 aromatic rings. The Labute approximate surface area is 126 Å². The van der Waals surface area contributed by atoms with Crippen molar-refractivity contribution in [1.29, 1.82) is 0 Å². The Bertz CT molecular complexity index is 361. The van der Waals surface area contributed by atoms with Gasteiger partial charge in [0, 0.05) is 15.3 Å². The first kappa shape index (κ1) is 15.8. The van der Waals surface area contributed by atoms with E-state index >= 15 is 0 Å². The summed E-state index contributed by atoms with van der Waals surface area (Å²) in [5.41, 5.74) is 2.64. The van der Waals surface area contributed by atoms with Crippen LogP contribution < -0.4 is 5.32 Å². The largest absolute Gasteiger partial charge is 0.382 e. The summed E-state index contributed by atoms with van der Waals surface area (Å²) in [6, 6.07) is 7.22. The lowest BCUT2D eigenvalue weighted by molar-refractivity contribution is 0.442. The molecule has 18 heavy (non-hydrogen) atoms. The minimum absolute atomic E-state index is 0.587. The number of hydrogen-bond acceptors (Lipinski definition) is 1. The van der Waals surface area contributed by atoms with Gasteiger partial charge < -0.3 is 5.32 Å². The number of halogens is 1. The van der Waals surface area contributed by atoms with Crippen molar-refractivity contribution < 1.29 is 0 Å². The molecule has 0 saturated carbocycles. The fourth-order valence-corrected chi connectivity index (χ4v) is 3.01. The molecular formula is C16H26IN. The first-order chi connectivity index (χ1) is 8.38. The van der Waals surface area contributed by atoms with Gasteiger partial charge in [0.15, 0.2) is 0 Å². The molecule has 0 radical (unpaired) electrons. The van der Waals surface area contributed by atoms with E-state index in [4.69, 9.17) is 0 Å². The Kier molecular flexibility index (Phi) is 6.47. The second kappa shape index (κ2) is 7.37. The molecule has 0 aliphatic rings. The normalized spacial score (nSPS) is 11.6. The summed E-state index contributed by atoms with van der Waals surface area (Å²) in [7, 11) is 0. The predicted molar refractivity (Wildman–Crippen MR) is 90.2 cm³/mol. The molecule has 0 atom stereocenters. The molecule has 1 N–H and O–H groups in total. The highest BCUT2D eigenvalue weighted by molar-refractivity contribution is 14.1. The van der Waals surface area contributed by atoms with Gasteiger partial charge in [-0.05, 0) is 78.0 Å². The molecule has 1 aromatic carbocycles. The summed E-state index contributed by atoms with van der Waals surface area (Å²) in [6.07, 6.45) is 2.48. The van der Waals surface area contributed by atoms with Gasteiger partial charge in [-0.25, -0.2) is 0 Å². The maximum Gasteiger partial charge on any atom is 0.0372 e. The van der Waals surface area contributed by atoms with Crippen LogP contribution in [0.5, 0.6) is 0 Å².